The van der Waals surface area contributed by atoms with Gasteiger partial charge >= 0.3 is 6.03 Å². The summed E-state index contributed by atoms with van der Waals surface area (Å²) >= 11 is 0. The Hall–Kier alpha value is -3.48. The minimum absolute atomic E-state index is 0.00103. The van der Waals surface area contributed by atoms with Crippen LogP contribution in [0.4, 0.5) is 10.5 Å². The standard InChI is InChI=1S/C27H36N4O3/c1-5-6-16-30(27(33)28-23-13-11-22(12-14-23)21(2)3)20-26(32)31(19-25-10-8-17-34-25)18-24-9-7-15-29(24)4/h7-15,17,21H,5-6,16,18-20H2,1-4H3,(H,28,33). The predicted octanol–water partition coefficient (Wildman–Crippen LogP) is 5.60. The molecule has 0 aliphatic carbocycles. The van der Waals surface area contributed by atoms with E-state index in [4.69, 9.17) is 4.42 Å². The molecule has 0 aliphatic rings. The SMILES string of the molecule is CCCCN(CC(=O)N(Cc1ccco1)Cc1cccn1C)C(=O)Nc1ccc(C(C)C)cc1. The van der Waals surface area contributed by atoms with Crippen molar-refractivity contribution in [2.75, 3.05) is 18.4 Å². The number of carbonyl (C=O) groups excluding carboxylic acids is 2. The molecule has 0 bridgehead atoms. The van der Waals surface area contributed by atoms with E-state index in [9.17, 15) is 9.59 Å². The van der Waals surface area contributed by atoms with E-state index in [-0.39, 0.29) is 18.5 Å². The van der Waals surface area contributed by atoms with E-state index >= 15 is 0 Å². The lowest BCUT2D eigenvalue weighted by Crippen LogP contribution is -2.44. The molecule has 34 heavy (non-hydrogen) atoms. The van der Waals surface area contributed by atoms with Gasteiger partial charge in [-0.15, -0.1) is 0 Å². The summed E-state index contributed by atoms with van der Waals surface area (Å²) in [6.07, 6.45) is 5.31. The quantitative estimate of drug-likeness (QED) is 0.401. The van der Waals surface area contributed by atoms with Crippen molar-refractivity contribution < 1.29 is 14.0 Å². The summed E-state index contributed by atoms with van der Waals surface area (Å²) in [4.78, 5) is 29.8. The Kier molecular flexibility index (Phi) is 8.96. The van der Waals surface area contributed by atoms with Crippen LogP contribution in [0.2, 0.25) is 0 Å². The molecule has 182 valence electrons. The van der Waals surface area contributed by atoms with Gasteiger partial charge in [0.25, 0.3) is 0 Å². The average molecular weight is 465 g/mol. The lowest BCUT2D eigenvalue weighted by atomic mass is 10.0. The van der Waals surface area contributed by atoms with Crippen molar-refractivity contribution >= 4 is 17.6 Å². The van der Waals surface area contributed by atoms with Crippen molar-refractivity contribution in [3.63, 3.8) is 0 Å². The molecule has 2 heterocycles. The van der Waals surface area contributed by atoms with Gasteiger partial charge in [0.1, 0.15) is 12.3 Å². The number of rotatable bonds is 11. The third-order valence-electron chi connectivity index (χ3n) is 5.91. The third-order valence-corrected chi connectivity index (χ3v) is 5.91. The highest BCUT2D eigenvalue weighted by atomic mass is 16.3. The van der Waals surface area contributed by atoms with Crippen LogP contribution >= 0.6 is 0 Å². The second-order valence-electron chi connectivity index (χ2n) is 8.92. The summed E-state index contributed by atoms with van der Waals surface area (Å²) in [7, 11) is 1.95. The Bertz CT molecular complexity index is 1040. The number of amides is 3. The fraction of sp³-hybridized carbons (Fsp3) is 0.407. The maximum atomic E-state index is 13.4. The first kappa shape index (κ1) is 25.1. The van der Waals surface area contributed by atoms with Crippen LogP contribution in [0.25, 0.3) is 0 Å². The fourth-order valence-corrected chi connectivity index (χ4v) is 3.70. The maximum absolute atomic E-state index is 13.4. The van der Waals surface area contributed by atoms with Gasteiger partial charge in [-0.05, 0) is 54.3 Å². The number of benzene rings is 1. The Morgan fingerprint density at radius 3 is 2.38 bits per heavy atom. The van der Waals surface area contributed by atoms with Crippen LogP contribution < -0.4 is 5.32 Å². The number of urea groups is 1. The highest BCUT2D eigenvalue weighted by Gasteiger charge is 2.23. The van der Waals surface area contributed by atoms with Crippen molar-refractivity contribution in [1.82, 2.24) is 14.4 Å². The van der Waals surface area contributed by atoms with E-state index in [0.29, 0.717) is 31.3 Å². The monoisotopic (exact) mass is 464 g/mol. The molecule has 0 atom stereocenters. The number of unbranched alkanes of at least 4 members (excludes halogenated alkanes) is 1. The number of nitrogens with zero attached hydrogens (tertiary/aromatic N) is 3. The van der Waals surface area contributed by atoms with E-state index in [1.807, 2.05) is 66.3 Å². The van der Waals surface area contributed by atoms with Gasteiger partial charge in [0, 0.05) is 31.2 Å². The first-order chi connectivity index (χ1) is 16.4. The van der Waals surface area contributed by atoms with Crippen LogP contribution in [-0.4, -0.2) is 39.4 Å². The van der Waals surface area contributed by atoms with Gasteiger partial charge in [-0.25, -0.2) is 4.79 Å². The number of nitrogens with one attached hydrogen (secondary N) is 1. The van der Waals surface area contributed by atoms with Crippen molar-refractivity contribution in [2.45, 2.75) is 52.6 Å². The van der Waals surface area contributed by atoms with Crippen LogP contribution in [0, 0.1) is 0 Å². The van der Waals surface area contributed by atoms with Crippen LogP contribution in [0.1, 0.15) is 56.5 Å². The fourth-order valence-electron chi connectivity index (χ4n) is 3.70. The lowest BCUT2D eigenvalue weighted by molar-refractivity contribution is -0.133. The molecule has 0 saturated heterocycles. The summed E-state index contributed by atoms with van der Waals surface area (Å²) < 4.78 is 7.48. The summed E-state index contributed by atoms with van der Waals surface area (Å²) in [6, 6.07) is 15.2. The second kappa shape index (κ2) is 12.1. The van der Waals surface area contributed by atoms with Gasteiger partial charge < -0.3 is 24.1 Å². The minimum Gasteiger partial charge on any atom is -0.467 e. The van der Waals surface area contributed by atoms with Crippen molar-refractivity contribution in [1.29, 1.82) is 0 Å². The third kappa shape index (κ3) is 7.01. The van der Waals surface area contributed by atoms with E-state index in [1.54, 1.807) is 16.1 Å². The molecule has 0 aliphatic heterocycles. The Morgan fingerprint density at radius 2 is 1.79 bits per heavy atom. The molecule has 3 rings (SSSR count). The molecule has 7 nitrogen and oxygen atoms in total. The normalized spacial score (nSPS) is 11.0. The van der Waals surface area contributed by atoms with Crippen molar-refractivity contribution in [3.8, 4) is 0 Å². The summed E-state index contributed by atoms with van der Waals surface area (Å²) in [5.74, 6) is 1.00. The highest BCUT2D eigenvalue weighted by molar-refractivity contribution is 5.92. The molecule has 0 spiro atoms. The van der Waals surface area contributed by atoms with E-state index < -0.39 is 0 Å². The molecule has 7 heteroatoms. The highest BCUT2D eigenvalue weighted by Crippen LogP contribution is 2.18. The van der Waals surface area contributed by atoms with Gasteiger partial charge in [0.2, 0.25) is 5.91 Å². The smallest absolute Gasteiger partial charge is 0.322 e. The van der Waals surface area contributed by atoms with Crippen LogP contribution in [0.5, 0.6) is 0 Å². The zero-order valence-corrected chi connectivity index (χ0v) is 20.7. The van der Waals surface area contributed by atoms with Crippen LogP contribution in [0.15, 0.2) is 65.4 Å². The zero-order valence-electron chi connectivity index (χ0n) is 20.7. The first-order valence-electron chi connectivity index (χ1n) is 11.9. The Balaban J connectivity index is 1.72. The second-order valence-corrected chi connectivity index (χ2v) is 8.92. The lowest BCUT2D eigenvalue weighted by Gasteiger charge is -2.27. The average Bonchev–Trinajstić information content (AvgIpc) is 3.48. The number of aryl methyl sites for hydroxylation is 1. The van der Waals surface area contributed by atoms with Gasteiger partial charge in [-0.2, -0.15) is 0 Å². The predicted molar refractivity (Wildman–Crippen MR) is 134 cm³/mol. The largest absolute Gasteiger partial charge is 0.467 e. The minimum atomic E-state index is -0.268. The van der Waals surface area contributed by atoms with Gasteiger partial charge in [0.05, 0.1) is 19.4 Å². The molecular formula is C27H36N4O3. The molecule has 2 aromatic heterocycles. The number of aromatic nitrogens is 1. The molecule has 3 aromatic rings. The molecule has 0 saturated carbocycles. The van der Waals surface area contributed by atoms with E-state index in [2.05, 4.69) is 26.1 Å². The maximum Gasteiger partial charge on any atom is 0.322 e. The van der Waals surface area contributed by atoms with Crippen LogP contribution in [0.3, 0.4) is 0 Å². The van der Waals surface area contributed by atoms with E-state index in [0.717, 1.165) is 24.2 Å². The molecule has 1 N–H and O–H groups in total. The molecule has 0 radical (unpaired) electrons. The van der Waals surface area contributed by atoms with Gasteiger partial charge in [-0.3, -0.25) is 4.79 Å². The molecule has 3 amide bonds. The zero-order chi connectivity index (χ0) is 24.5. The first-order valence-corrected chi connectivity index (χ1v) is 11.9. The van der Waals surface area contributed by atoms with Crippen LogP contribution in [-0.2, 0) is 24.9 Å². The Morgan fingerprint density at radius 1 is 1.03 bits per heavy atom. The van der Waals surface area contributed by atoms with Gasteiger partial charge in [0.15, 0.2) is 0 Å². The molecular weight excluding hydrogens is 428 g/mol. The number of anilines is 1. The number of furan rings is 1. The van der Waals surface area contributed by atoms with E-state index in [1.165, 1.54) is 5.56 Å². The number of hydrogen-bond acceptors (Lipinski definition) is 3. The molecule has 1 aromatic carbocycles. The molecule has 0 fully saturated rings. The molecule has 0 unspecified atom stereocenters. The van der Waals surface area contributed by atoms with Crippen molar-refractivity contribution in [3.05, 3.63) is 78.0 Å². The number of carbonyl (C=O) groups is 2. The number of hydrogen-bond donors (Lipinski definition) is 1. The topological polar surface area (TPSA) is 70.7 Å². The summed E-state index contributed by atoms with van der Waals surface area (Å²) in [6.45, 7) is 7.63. The van der Waals surface area contributed by atoms with Crippen molar-refractivity contribution in [2.24, 2.45) is 7.05 Å². The Labute approximate surface area is 202 Å². The summed E-state index contributed by atoms with van der Waals surface area (Å²) in [5.41, 5.74) is 2.94. The van der Waals surface area contributed by atoms with Gasteiger partial charge in [-0.1, -0.05) is 39.3 Å². The summed E-state index contributed by atoms with van der Waals surface area (Å²) in [5, 5.41) is 2.96.